The Bertz CT molecular complexity index is 2000. The van der Waals surface area contributed by atoms with Gasteiger partial charge in [0.2, 0.25) is 33.5 Å². The van der Waals surface area contributed by atoms with E-state index < -0.39 is 104 Å². The highest BCUT2D eigenvalue weighted by Crippen LogP contribution is 2.45. The molecule has 4 amide bonds. The lowest BCUT2D eigenvalue weighted by molar-refractivity contribution is -0.145. The van der Waals surface area contributed by atoms with E-state index in [4.69, 9.17) is 18.9 Å². The Morgan fingerprint density at radius 3 is 2.12 bits per heavy atom. The normalized spacial score (nSPS) is 21.9. The number of methoxy groups -OCH3 is 2. The average Bonchev–Trinajstić information content (AvgIpc) is 3.63. The highest BCUT2D eigenvalue weighted by molar-refractivity contribution is 7.90. The van der Waals surface area contributed by atoms with Crippen molar-refractivity contribution in [2.45, 2.75) is 109 Å². The molecule has 0 radical (unpaired) electrons. The van der Waals surface area contributed by atoms with Crippen LogP contribution in [0.2, 0.25) is 0 Å². The number of nitrogens with one attached hydrogen (secondary N) is 3. The molecular weight excluding hydrogens is 765 g/mol. The van der Waals surface area contributed by atoms with Gasteiger partial charge in [0.25, 0.3) is 5.91 Å². The summed E-state index contributed by atoms with van der Waals surface area (Å²) in [4.78, 5) is 63.6. The first-order valence-corrected chi connectivity index (χ1v) is 19.2. The van der Waals surface area contributed by atoms with Crippen LogP contribution < -0.4 is 29.6 Å². The summed E-state index contributed by atoms with van der Waals surface area (Å²) in [6.45, 7) is 15.9. The summed E-state index contributed by atoms with van der Waals surface area (Å²) in [5.41, 5.74) is -3.86. The van der Waals surface area contributed by atoms with Crippen molar-refractivity contribution in [3.05, 3.63) is 30.6 Å². The maximum atomic E-state index is 14.5. The van der Waals surface area contributed by atoms with Crippen molar-refractivity contribution >= 4 is 44.7 Å². The van der Waals surface area contributed by atoms with Crippen molar-refractivity contribution in [1.29, 1.82) is 0 Å². The Morgan fingerprint density at radius 1 is 1.02 bits per heavy atom. The number of hydrogen-bond donors (Lipinski definition) is 3. The minimum atomic E-state index is -5.00. The molecular formula is C36H49F3N6O10S. The van der Waals surface area contributed by atoms with E-state index in [1.54, 1.807) is 41.5 Å². The molecule has 5 atom stereocenters. The highest BCUT2D eigenvalue weighted by atomic mass is 32.2. The van der Waals surface area contributed by atoms with E-state index in [0.29, 0.717) is 0 Å². The number of benzene rings is 1. The highest BCUT2D eigenvalue weighted by Gasteiger charge is 2.61. The van der Waals surface area contributed by atoms with Crippen LogP contribution in [0.15, 0.2) is 24.8 Å². The predicted octanol–water partition coefficient (Wildman–Crippen LogP) is 3.87. The summed E-state index contributed by atoms with van der Waals surface area (Å²) in [7, 11) is -1.51. The van der Waals surface area contributed by atoms with E-state index in [9.17, 15) is 40.8 Å². The number of aromatic nitrogens is 2. The average molecular weight is 815 g/mol. The van der Waals surface area contributed by atoms with Crippen LogP contribution in [0.25, 0.3) is 10.9 Å². The second-order valence-electron chi connectivity index (χ2n) is 16.0. The van der Waals surface area contributed by atoms with Gasteiger partial charge in [-0.25, -0.2) is 18.2 Å². The number of amides is 4. The fourth-order valence-electron chi connectivity index (χ4n) is 6.09. The number of halogens is 3. The summed E-state index contributed by atoms with van der Waals surface area (Å²) < 4.78 is 91.5. The fourth-order valence-corrected chi connectivity index (χ4v) is 6.77. The van der Waals surface area contributed by atoms with Gasteiger partial charge < -0.3 is 34.5 Å². The molecule has 2 heterocycles. The van der Waals surface area contributed by atoms with Gasteiger partial charge in [0.1, 0.15) is 29.3 Å². The van der Waals surface area contributed by atoms with Gasteiger partial charge in [0.05, 0.1) is 36.9 Å². The third-order valence-corrected chi connectivity index (χ3v) is 10.9. The van der Waals surface area contributed by atoms with E-state index in [1.165, 1.54) is 46.3 Å². The van der Waals surface area contributed by atoms with Gasteiger partial charge in [0, 0.05) is 18.4 Å². The van der Waals surface area contributed by atoms with Crippen LogP contribution in [-0.4, -0.2) is 102 Å². The van der Waals surface area contributed by atoms with E-state index >= 15 is 0 Å². The molecule has 20 heteroatoms. The quantitative estimate of drug-likeness (QED) is 0.262. The minimum absolute atomic E-state index is 0.00520. The molecule has 0 spiro atoms. The van der Waals surface area contributed by atoms with E-state index in [1.807, 2.05) is 4.72 Å². The Hall–Kier alpha value is -4.88. The smallest absolute Gasteiger partial charge is 0.451 e. The van der Waals surface area contributed by atoms with Crippen molar-refractivity contribution in [1.82, 2.24) is 30.2 Å². The summed E-state index contributed by atoms with van der Waals surface area (Å²) in [5, 5.41) is 4.21. The topological polar surface area (TPSA) is 204 Å². The van der Waals surface area contributed by atoms with Crippen LogP contribution in [0.4, 0.5) is 18.0 Å². The van der Waals surface area contributed by atoms with E-state index in [0.717, 1.165) is 4.90 Å². The number of alkyl halides is 3. The third-order valence-electron chi connectivity index (χ3n) is 9.23. The zero-order valence-electron chi connectivity index (χ0n) is 32.9. The number of carbonyl (C=O) groups is 4. The van der Waals surface area contributed by atoms with Crippen molar-refractivity contribution in [3.8, 4) is 17.4 Å². The lowest BCUT2D eigenvalue weighted by atomic mass is 9.85. The summed E-state index contributed by atoms with van der Waals surface area (Å²) in [5.74, 6) is -5.23. The van der Waals surface area contributed by atoms with Crippen molar-refractivity contribution in [2.24, 2.45) is 11.3 Å². The van der Waals surface area contributed by atoms with Gasteiger partial charge in [-0.05, 0) is 52.5 Å². The number of fused-ring (bicyclic) bond motifs is 1. The van der Waals surface area contributed by atoms with Gasteiger partial charge in [-0.3, -0.25) is 19.1 Å². The number of ether oxygens (including phenoxy) is 4. The summed E-state index contributed by atoms with van der Waals surface area (Å²) >= 11 is 0. The van der Waals surface area contributed by atoms with Crippen LogP contribution in [-0.2, 0) is 35.3 Å². The number of sulfonamides is 1. The molecule has 1 saturated heterocycles. The Balaban J connectivity index is 1.78. The molecule has 1 aliphatic carbocycles. The Kier molecular flexibility index (Phi) is 12.2. The van der Waals surface area contributed by atoms with Gasteiger partial charge >= 0.3 is 12.3 Å². The van der Waals surface area contributed by atoms with Gasteiger partial charge in [0.15, 0.2) is 11.5 Å². The Morgan fingerprint density at radius 2 is 1.62 bits per heavy atom. The molecule has 2 fully saturated rings. The number of hydrogen-bond acceptors (Lipinski definition) is 12. The fraction of sp³-hybridized carbons (Fsp3) is 0.611. The van der Waals surface area contributed by atoms with Gasteiger partial charge in [-0.15, -0.1) is 6.58 Å². The van der Waals surface area contributed by atoms with Crippen molar-refractivity contribution in [3.63, 3.8) is 0 Å². The molecule has 2 aromatic rings. The standard InChI is InChI=1S/C36H49F3N6O10S/c1-12-19-16-35(19,31(48)44-56(50,51)18(2)3)43-27(46)23-13-20(17-45(23)29(47)26(33(4,5)6)41-32(49)55-34(7,8)9)54-28-21-14-24(52-10)25(53-11)15-22(21)40-30(42-28)36(37,38)39/h12,14-15,18-20,23,26H,1,13,16-17H2,2-11H3,(H,41,49)(H,43,46)(H,44,48)/t19?,20-,23?,26?,35?/m1/s1. The lowest BCUT2D eigenvalue weighted by Gasteiger charge is -2.36. The SMILES string of the molecule is C=CC1CC1(NC(=O)C1C[C@@H](Oc2nc(C(F)(F)F)nc3cc(OC)c(OC)cc23)CN1C(=O)C(NC(=O)OC(C)(C)C)C(C)(C)C)C(=O)NS(=O)(=O)C(C)C. The molecule has 1 aromatic carbocycles. The number of carbonyl (C=O) groups excluding carboxylic acids is 4. The van der Waals surface area contributed by atoms with Crippen LogP contribution in [0, 0.1) is 11.3 Å². The molecule has 56 heavy (non-hydrogen) atoms. The lowest BCUT2D eigenvalue weighted by Crippen LogP contribution is -2.60. The molecule has 1 aliphatic heterocycles. The van der Waals surface area contributed by atoms with Crippen LogP contribution in [0.3, 0.4) is 0 Å². The van der Waals surface area contributed by atoms with Crippen LogP contribution in [0.5, 0.6) is 17.4 Å². The largest absolute Gasteiger partial charge is 0.493 e. The maximum Gasteiger partial charge on any atom is 0.451 e. The predicted molar refractivity (Wildman–Crippen MR) is 196 cm³/mol. The zero-order chi connectivity index (χ0) is 42.3. The molecule has 1 aromatic heterocycles. The summed E-state index contributed by atoms with van der Waals surface area (Å²) in [6.07, 6.45) is -6.08. The second-order valence-corrected chi connectivity index (χ2v) is 18.3. The third kappa shape index (κ3) is 9.55. The first-order valence-electron chi connectivity index (χ1n) is 17.7. The molecule has 310 valence electrons. The van der Waals surface area contributed by atoms with Gasteiger partial charge in [-0.2, -0.15) is 18.2 Å². The monoisotopic (exact) mass is 814 g/mol. The molecule has 16 nitrogen and oxygen atoms in total. The van der Waals surface area contributed by atoms with Gasteiger partial charge in [-0.1, -0.05) is 26.8 Å². The molecule has 0 bridgehead atoms. The van der Waals surface area contributed by atoms with Crippen LogP contribution >= 0.6 is 0 Å². The number of rotatable bonds is 12. The Labute approximate surface area is 323 Å². The molecule has 1 saturated carbocycles. The molecule has 3 N–H and O–H groups in total. The van der Waals surface area contributed by atoms with E-state index in [-0.39, 0.29) is 35.2 Å². The van der Waals surface area contributed by atoms with Crippen molar-refractivity contribution < 1.29 is 59.7 Å². The van der Waals surface area contributed by atoms with E-state index in [2.05, 4.69) is 27.2 Å². The second kappa shape index (κ2) is 15.6. The first-order chi connectivity index (χ1) is 25.7. The number of nitrogens with zero attached hydrogens (tertiary/aromatic N) is 3. The first kappa shape index (κ1) is 43.8. The van der Waals surface area contributed by atoms with Crippen molar-refractivity contribution in [2.75, 3.05) is 20.8 Å². The number of likely N-dealkylation sites (tertiary alicyclic amines) is 1. The number of alkyl carbamates (subject to hydrolysis) is 1. The molecule has 4 unspecified atom stereocenters. The molecule has 4 rings (SSSR count). The van der Waals surface area contributed by atoms with Crippen LogP contribution in [0.1, 0.15) is 74.1 Å². The summed E-state index contributed by atoms with van der Waals surface area (Å²) in [6, 6.07) is -0.220. The maximum absolute atomic E-state index is 14.5. The minimum Gasteiger partial charge on any atom is -0.493 e. The molecule has 2 aliphatic rings. The zero-order valence-corrected chi connectivity index (χ0v) is 33.7.